The van der Waals surface area contributed by atoms with E-state index in [4.69, 9.17) is 27.9 Å². The maximum absolute atomic E-state index is 12.7. The number of hydrazone groups is 1. The molecule has 3 amide bonds. The first kappa shape index (κ1) is 28.0. The van der Waals surface area contributed by atoms with Gasteiger partial charge in [-0.15, -0.1) is 0 Å². The van der Waals surface area contributed by atoms with Crippen LogP contribution in [0.5, 0.6) is 5.75 Å². The lowest BCUT2D eigenvalue weighted by Crippen LogP contribution is -2.33. The first-order valence-corrected chi connectivity index (χ1v) is 12.4. The molecule has 0 heterocycles. The summed E-state index contributed by atoms with van der Waals surface area (Å²) < 4.78 is 5.31. The van der Waals surface area contributed by atoms with Crippen molar-refractivity contribution in [1.29, 1.82) is 0 Å². The minimum absolute atomic E-state index is 0.140. The van der Waals surface area contributed by atoms with E-state index in [9.17, 15) is 19.2 Å². The highest BCUT2D eigenvalue weighted by molar-refractivity contribution is 6.40. The molecule has 0 bridgehead atoms. The molecule has 0 spiro atoms. The third kappa shape index (κ3) is 7.76. The van der Waals surface area contributed by atoms with Crippen molar-refractivity contribution in [3.05, 3.63) is 124 Å². The molecule has 0 aliphatic rings. The smallest absolute Gasteiger partial charge is 0.343 e. The molecule has 0 saturated heterocycles. The molecule has 0 aromatic heterocycles. The highest BCUT2D eigenvalue weighted by Crippen LogP contribution is 2.19. The number of hydrogen-bond acceptors (Lipinski definition) is 6. The summed E-state index contributed by atoms with van der Waals surface area (Å²) in [6.07, 6.45) is 1.31. The van der Waals surface area contributed by atoms with Crippen molar-refractivity contribution in [3.63, 3.8) is 0 Å². The van der Waals surface area contributed by atoms with E-state index in [1.807, 2.05) is 0 Å². The van der Waals surface area contributed by atoms with Gasteiger partial charge < -0.3 is 15.4 Å². The number of para-hydroxylation sites is 1. The maximum Gasteiger partial charge on any atom is 0.343 e. The average molecular weight is 575 g/mol. The Morgan fingerprint density at radius 3 is 2.17 bits per heavy atom. The molecule has 0 unspecified atom stereocenters. The summed E-state index contributed by atoms with van der Waals surface area (Å²) in [5, 5.41) is 9.83. The van der Waals surface area contributed by atoms with E-state index in [0.29, 0.717) is 32.6 Å². The standard InChI is InChI=1S/C29H20Cl2N4O5/c30-20-10-12-22(13-11-20)33-26(36)24-6-1-2-7-25(24)34-27(37)28(38)35-32-17-18-8-14-23(15-9-18)40-29(39)19-4-3-5-21(31)16-19/h1-17H,(H,33,36)(H,34,37)(H,35,38). The number of rotatable bonds is 7. The average Bonchev–Trinajstić information content (AvgIpc) is 2.95. The Morgan fingerprint density at radius 2 is 1.45 bits per heavy atom. The van der Waals surface area contributed by atoms with E-state index in [1.165, 1.54) is 24.4 Å². The first-order valence-electron chi connectivity index (χ1n) is 11.7. The van der Waals surface area contributed by atoms with Gasteiger partial charge >= 0.3 is 17.8 Å². The van der Waals surface area contributed by atoms with Gasteiger partial charge in [0.15, 0.2) is 0 Å². The second-order valence-electron chi connectivity index (χ2n) is 8.13. The number of halogens is 2. The van der Waals surface area contributed by atoms with Crippen LogP contribution in [0.2, 0.25) is 10.0 Å². The van der Waals surface area contributed by atoms with Gasteiger partial charge in [-0.25, -0.2) is 10.2 Å². The molecule has 0 fully saturated rings. The lowest BCUT2D eigenvalue weighted by atomic mass is 10.1. The van der Waals surface area contributed by atoms with Crippen LogP contribution < -0.4 is 20.8 Å². The fraction of sp³-hybridized carbons (Fsp3) is 0. The van der Waals surface area contributed by atoms with E-state index in [2.05, 4.69) is 21.2 Å². The molecule has 11 heteroatoms. The van der Waals surface area contributed by atoms with Gasteiger partial charge in [0.2, 0.25) is 0 Å². The Morgan fingerprint density at radius 1 is 0.725 bits per heavy atom. The second-order valence-corrected chi connectivity index (χ2v) is 9.00. The Labute approximate surface area is 238 Å². The summed E-state index contributed by atoms with van der Waals surface area (Å²) >= 11 is 11.8. The monoisotopic (exact) mass is 574 g/mol. The zero-order chi connectivity index (χ0) is 28.5. The molecule has 3 N–H and O–H groups in total. The quantitative estimate of drug-likeness (QED) is 0.0876. The van der Waals surface area contributed by atoms with Crippen LogP contribution in [0.1, 0.15) is 26.3 Å². The first-order chi connectivity index (χ1) is 19.3. The number of hydrogen-bond donors (Lipinski definition) is 3. The van der Waals surface area contributed by atoms with E-state index in [1.54, 1.807) is 78.9 Å². The predicted molar refractivity (Wildman–Crippen MR) is 153 cm³/mol. The summed E-state index contributed by atoms with van der Waals surface area (Å²) in [6.45, 7) is 0. The zero-order valence-electron chi connectivity index (χ0n) is 20.6. The SMILES string of the molecule is O=C(NN=Cc1ccc(OC(=O)c2cccc(Cl)c2)cc1)C(=O)Nc1ccccc1C(=O)Nc1ccc(Cl)cc1. The summed E-state index contributed by atoms with van der Waals surface area (Å²) in [7, 11) is 0. The van der Waals surface area contributed by atoms with Crippen LogP contribution in [-0.4, -0.2) is 29.9 Å². The van der Waals surface area contributed by atoms with Gasteiger partial charge in [0.25, 0.3) is 5.91 Å². The van der Waals surface area contributed by atoms with Crippen molar-refractivity contribution >= 4 is 64.5 Å². The number of amides is 3. The van der Waals surface area contributed by atoms with E-state index >= 15 is 0 Å². The molecule has 40 heavy (non-hydrogen) atoms. The molecular weight excluding hydrogens is 555 g/mol. The molecule has 0 aliphatic heterocycles. The van der Waals surface area contributed by atoms with Crippen LogP contribution in [0.15, 0.2) is 102 Å². The number of ether oxygens (including phenoxy) is 1. The van der Waals surface area contributed by atoms with Crippen molar-refractivity contribution in [2.75, 3.05) is 10.6 Å². The molecule has 200 valence electrons. The fourth-order valence-corrected chi connectivity index (χ4v) is 3.64. The molecule has 4 aromatic carbocycles. The molecule has 0 radical (unpaired) electrons. The predicted octanol–water partition coefficient (Wildman–Crippen LogP) is 5.55. The Kier molecular flexibility index (Phi) is 9.24. The highest BCUT2D eigenvalue weighted by atomic mass is 35.5. The van der Waals surface area contributed by atoms with Gasteiger partial charge in [-0.2, -0.15) is 5.10 Å². The molecule has 9 nitrogen and oxygen atoms in total. The topological polar surface area (TPSA) is 126 Å². The van der Waals surface area contributed by atoms with Crippen LogP contribution >= 0.6 is 23.2 Å². The maximum atomic E-state index is 12.7. The van der Waals surface area contributed by atoms with Crippen LogP contribution in [0.4, 0.5) is 11.4 Å². The minimum atomic E-state index is -1.05. The lowest BCUT2D eigenvalue weighted by Gasteiger charge is -2.11. The Hall–Kier alpha value is -4.99. The van der Waals surface area contributed by atoms with E-state index in [0.717, 1.165) is 0 Å². The summed E-state index contributed by atoms with van der Waals surface area (Å²) in [5.41, 5.74) is 3.80. The van der Waals surface area contributed by atoms with Crippen molar-refractivity contribution in [1.82, 2.24) is 5.43 Å². The van der Waals surface area contributed by atoms with Gasteiger partial charge in [0.05, 0.1) is 23.0 Å². The van der Waals surface area contributed by atoms with Gasteiger partial charge in [0, 0.05) is 15.7 Å². The number of carbonyl (C=O) groups is 4. The highest BCUT2D eigenvalue weighted by Gasteiger charge is 2.18. The van der Waals surface area contributed by atoms with Crippen LogP contribution in [0, 0.1) is 0 Å². The van der Waals surface area contributed by atoms with Crippen molar-refractivity contribution in [3.8, 4) is 5.75 Å². The van der Waals surface area contributed by atoms with Gasteiger partial charge in [-0.1, -0.05) is 41.4 Å². The van der Waals surface area contributed by atoms with Gasteiger partial charge in [-0.05, 0) is 84.4 Å². The number of anilines is 2. The Bertz CT molecular complexity index is 1590. The third-order valence-corrected chi connectivity index (χ3v) is 5.75. The fourth-order valence-electron chi connectivity index (χ4n) is 3.32. The molecule has 0 aliphatic carbocycles. The van der Waals surface area contributed by atoms with E-state index in [-0.39, 0.29) is 11.3 Å². The molecular formula is C29H20Cl2N4O5. The lowest BCUT2D eigenvalue weighted by molar-refractivity contribution is -0.136. The molecule has 0 saturated carbocycles. The van der Waals surface area contributed by atoms with Gasteiger partial charge in [-0.3, -0.25) is 14.4 Å². The van der Waals surface area contributed by atoms with Crippen molar-refractivity contribution in [2.45, 2.75) is 0 Å². The number of nitrogens with one attached hydrogen (secondary N) is 3. The minimum Gasteiger partial charge on any atom is -0.423 e. The van der Waals surface area contributed by atoms with Crippen molar-refractivity contribution in [2.24, 2.45) is 5.10 Å². The number of nitrogens with zero attached hydrogens (tertiary/aromatic N) is 1. The second kappa shape index (κ2) is 13.2. The Balaban J connectivity index is 1.30. The number of esters is 1. The van der Waals surface area contributed by atoms with Gasteiger partial charge in [0.1, 0.15) is 5.75 Å². The molecule has 4 aromatic rings. The van der Waals surface area contributed by atoms with Crippen molar-refractivity contribution < 1.29 is 23.9 Å². The summed E-state index contributed by atoms with van der Waals surface area (Å²) in [4.78, 5) is 49.6. The summed E-state index contributed by atoms with van der Waals surface area (Å²) in [6, 6.07) is 25.4. The normalized spacial score (nSPS) is 10.6. The van der Waals surface area contributed by atoms with E-state index < -0.39 is 23.7 Å². The molecule has 0 atom stereocenters. The van der Waals surface area contributed by atoms with Crippen LogP contribution in [-0.2, 0) is 9.59 Å². The number of carbonyl (C=O) groups excluding carboxylic acids is 4. The van der Waals surface area contributed by atoms with Crippen LogP contribution in [0.25, 0.3) is 0 Å². The largest absolute Gasteiger partial charge is 0.423 e. The third-order valence-electron chi connectivity index (χ3n) is 5.26. The van der Waals surface area contributed by atoms with Crippen LogP contribution in [0.3, 0.4) is 0 Å². The summed E-state index contributed by atoms with van der Waals surface area (Å²) in [5.74, 6) is -2.82. The number of benzene rings is 4. The molecule has 4 rings (SSSR count). The zero-order valence-corrected chi connectivity index (χ0v) is 22.1.